The van der Waals surface area contributed by atoms with Gasteiger partial charge in [-0.15, -0.1) is 10.2 Å². The molecule has 0 aliphatic carbocycles. The zero-order valence-corrected chi connectivity index (χ0v) is 14.8. The lowest BCUT2D eigenvalue weighted by Crippen LogP contribution is -2.38. The van der Waals surface area contributed by atoms with Crippen LogP contribution in [0.2, 0.25) is 0 Å². The third-order valence-corrected chi connectivity index (χ3v) is 5.54. The topological polar surface area (TPSA) is 94.2 Å². The molecule has 7 nitrogen and oxygen atoms in total. The summed E-state index contributed by atoms with van der Waals surface area (Å²) in [6.45, 7) is 1.95. The molecule has 0 bridgehead atoms. The maximum atomic E-state index is 12.7. The Kier molecular flexibility index (Phi) is 6.00. The number of carbonyl (C=O) groups excluding carboxylic acids is 1. The molecule has 2 N–H and O–H groups in total. The fourth-order valence-electron chi connectivity index (χ4n) is 2.49. The van der Waals surface area contributed by atoms with E-state index in [1.807, 2.05) is 17.0 Å². The number of aromatic nitrogens is 3. The van der Waals surface area contributed by atoms with Gasteiger partial charge in [0.1, 0.15) is 0 Å². The molecule has 1 atom stereocenters. The van der Waals surface area contributed by atoms with Gasteiger partial charge in [0.05, 0.1) is 11.9 Å². The molecule has 9 heteroatoms. The van der Waals surface area contributed by atoms with Gasteiger partial charge in [0, 0.05) is 32.1 Å². The van der Waals surface area contributed by atoms with E-state index in [0.717, 1.165) is 25.0 Å². The Morgan fingerprint density at radius 1 is 1.42 bits per heavy atom. The second kappa shape index (κ2) is 8.41. The minimum absolute atomic E-state index is 0.0566. The van der Waals surface area contributed by atoms with Crippen LogP contribution in [0.5, 0.6) is 0 Å². The highest BCUT2D eigenvalue weighted by molar-refractivity contribution is 8.01. The van der Waals surface area contributed by atoms with Crippen molar-refractivity contribution >= 4 is 34.1 Å². The molecule has 2 aromatic rings. The predicted octanol–water partition coefficient (Wildman–Crippen LogP) is 1.82. The van der Waals surface area contributed by atoms with Crippen molar-refractivity contribution in [2.24, 2.45) is 0 Å². The van der Waals surface area contributed by atoms with E-state index in [4.69, 9.17) is 10.5 Å². The molecule has 1 amide bonds. The summed E-state index contributed by atoms with van der Waals surface area (Å²) in [5.41, 5.74) is 6.63. The molecule has 0 aromatic carbocycles. The van der Waals surface area contributed by atoms with Crippen LogP contribution in [0.25, 0.3) is 0 Å². The number of carbonyl (C=O) groups is 1. The summed E-state index contributed by atoms with van der Waals surface area (Å²) in [5, 5.41) is 8.12. The minimum Gasteiger partial charge on any atom is -0.376 e. The summed E-state index contributed by atoms with van der Waals surface area (Å²) < 4.78 is 6.40. The molecule has 3 heterocycles. The van der Waals surface area contributed by atoms with Gasteiger partial charge in [-0.2, -0.15) is 0 Å². The third-order valence-electron chi connectivity index (χ3n) is 3.66. The zero-order valence-electron chi connectivity index (χ0n) is 13.1. The third kappa shape index (κ3) is 4.89. The van der Waals surface area contributed by atoms with Crippen LogP contribution in [-0.4, -0.2) is 51.0 Å². The van der Waals surface area contributed by atoms with Crippen molar-refractivity contribution in [1.29, 1.82) is 0 Å². The lowest BCUT2D eigenvalue weighted by atomic mass is 10.2. The zero-order chi connectivity index (χ0) is 16.8. The normalized spacial score (nSPS) is 17.1. The first kappa shape index (κ1) is 17.1. The second-order valence-corrected chi connectivity index (χ2v) is 7.69. The highest BCUT2D eigenvalue weighted by atomic mass is 32.2. The van der Waals surface area contributed by atoms with Crippen molar-refractivity contribution < 1.29 is 9.53 Å². The van der Waals surface area contributed by atoms with Crippen molar-refractivity contribution in [2.45, 2.75) is 29.8 Å². The molecule has 0 saturated carbocycles. The Balaban J connectivity index is 1.61. The Hall–Kier alpha value is -1.71. The lowest BCUT2D eigenvalue weighted by molar-refractivity contribution is -0.130. The molecule has 3 rings (SSSR count). The summed E-state index contributed by atoms with van der Waals surface area (Å²) in [5.74, 6) is 0.369. The molecule has 1 unspecified atom stereocenters. The Morgan fingerprint density at radius 3 is 2.92 bits per heavy atom. The first-order valence-corrected chi connectivity index (χ1v) is 9.51. The molecule has 1 aliphatic rings. The van der Waals surface area contributed by atoms with Crippen molar-refractivity contribution in [3.63, 3.8) is 0 Å². The van der Waals surface area contributed by atoms with Gasteiger partial charge in [0.25, 0.3) is 0 Å². The molecule has 1 saturated heterocycles. The Bertz CT molecular complexity index is 661. The number of thioether (sulfide) groups is 1. The van der Waals surface area contributed by atoms with Crippen LogP contribution >= 0.6 is 23.1 Å². The SMILES string of the molecule is Nc1nnc(SCC(=O)N(Cc2ccncc2)CC2CCCO2)s1. The van der Waals surface area contributed by atoms with Gasteiger partial charge in [0.15, 0.2) is 4.34 Å². The van der Waals surface area contributed by atoms with Crippen LogP contribution < -0.4 is 5.73 Å². The summed E-state index contributed by atoms with van der Waals surface area (Å²) in [4.78, 5) is 18.5. The molecule has 1 aliphatic heterocycles. The second-order valence-electron chi connectivity index (χ2n) is 5.46. The minimum atomic E-state index is 0.0566. The number of nitrogen functional groups attached to an aromatic ring is 1. The van der Waals surface area contributed by atoms with Crippen LogP contribution in [0, 0.1) is 0 Å². The fourth-order valence-corrected chi connectivity index (χ4v) is 4.03. The summed E-state index contributed by atoms with van der Waals surface area (Å²) in [7, 11) is 0. The van der Waals surface area contributed by atoms with Gasteiger partial charge in [-0.05, 0) is 30.5 Å². The number of ether oxygens (including phenoxy) is 1. The molecule has 0 radical (unpaired) electrons. The highest BCUT2D eigenvalue weighted by Gasteiger charge is 2.23. The molecule has 24 heavy (non-hydrogen) atoms. The predicted molar refractivity (Wildman–Crippen MR) is 93.7 cm³/mol. The van der Waals surface area contributed by atoms with Crippen LogP contribution in [0.15, 0.2) is 28.9 Å². The molecular weight excluding hydrogens is 346 g/mol. The van der Waals surface area contributed by atoms with Gasteiger partial charge in [-0.25, -0.2) is 0 Å². The average molecular weight is 365 g/mol. The average Bonchev–Trinajstić information content (AvgIpc) is 3.24. The van der Waals surface area contributed by atoms with Gasteiger partial charge >= 0.3 is 0 Å². The summed E-state index contributed by atoms with van der Waals surface area (Å²) in [6.07, 6.45) is 5.66. The largest absolute Gasteiger partial charge is 0.376 e. The standard InChI is InChI=1S/C15H19N5O2S2/c16-14-18-19-15(24-14)23-10-13(21)20(9-12-2-1-7-22-12)8-11-3-5-17-6-4-11/h3-6,12H,1-2,7-10H2,(H2,16,18). The van der Waals surface area contributed by atoms with Gasteiger partial charge in [-0.1, -0.05) is 23.1 Å². The summed E-state index contributed by atoms with van der Waals surface area (Å²) >= 11 is 2.66. The van der Waals surface area contributed by atoms with Crippen molar-refractivity contribution in [3.05, 3.63) is 30.1 Å². The van der Waals surface area contributed by atoms with E-state index in [-0.39, 0.29) is 12.0 Å². The maximum Gasteiger partial charge on any atom is 0.233 e. The summed E-state index contributed by atoms with van der Waals surface area (Å²) in [6, 6.07) is 3.85. The number of nitrogens with zero attached hydrogens (tertiary/aromatic N) is 4. The first-order chi connectivity index (χ1) is 11.7. The van der Waals surface area contributed by atoms with E-state index < -0.39 is 0 Å². The molecule has 1 fully saturated rings. The molecule has 128 valence electrons. The Morgan fingerprint density at radius 2 is 2.25 bits per heavy atom. The number of amides is 1. The van der Waals surface area contributed by atoms with E-state index in [1.165, 1.54) is 23.1 Å². The number of hydrogen-bond acceptors (Lipinski definition) is 8. The fraction of sp³-hybridized carbons (Fsp3) is 0.467. The van der Waals surface area contributed by atoms with E-state index in [9.17, 15) is 4.79 Å². The monoisotopic (exact) mass is 365 g/mol. The number of hydrogen-bond donors (Lipinski definition) is 1. The van der Waals surface area contributed by atoms with Gasteiger partial charge < -0.3 is 15.4 Å². The smallest absolute Gasteiger partial charge is 0.233 e. The maximum absolute atomic E-state index is 12.7. The number of nitrogens with two attached hydrogens (primary N) is 1. The number of anilines is 1. The Labute approximate surface area is 148 Å². The van der Waals surface area contributed by atoms with Crippen LogP contribution in [0.3, 0.4) is 0 Å². The lowest BCUT2D eigenvalue weighted by Gasteiger charge is -2.25. The quantitative estimate of drug-likeness (QED) is 0.748. The van der Waals surface area contributed by atoms with Crippen molar-refractivity contribution in [3.8, 4) is 0 Å². The van der Waals surface area contributed by atoms with Gasteiger partial charge in [-0.3, -0.25) is 9.78 Å². The van der Waals surface area contributed by atoms with Gasteiger partial charge in [0.2, 0.25) is 11.0 Å². The van der Waals surface area contributed by atoms with Crippen LogP contribution in [0.1, 0.15) is 18.4 Å². The molecule has 2 aromatic heterocycles. The highest BCUT2D eigenvalue weighted by Crippen LogP contribution is 2.24. The first-order valence-electron chi connectivity index (χ1n) is 7.71. The van der Waals surface area contributed by atoms with E-state index in [0.29, 0.717) is 28.3 Å². The molecule has 0 spiro atoms. The number of pyridine rings is 1. The van der Waals surface area contributed by atoms with Crippen LogP contribution in [0.4, 0.5) is 5.13 Å². The van der Waals surface area contributed by atoms with E-state index >= 15 is 0 Å². The molecular formula is C15H19N5O2S2. The van der Waals surface area contributed by atoms with Crippen molar-refractivity contribution in [2.75, 3.05) is 24.6 Å². The van der Waals surface area contributed by atoms with Crippen LogP contribution in [-0.2, 0) is 16.1 Å². The van der Waals surface area contributed by atoms with Crippen molar-refractivity contribution in [1.82, 2.24) is 20.1 Å². The van der Waals surface area contributed by atoms with E-state index in [2.05, 4.69) is 15.2 Å². The van der Waals surface area contributed by atoms with E-state index in [1.54, 1.807) is 12.4 Å². The number of rotatable bonds is 7.